The van der Waals surface area contributed by atoms with Crippen LogP contribution in [0.1, 0.15) is 11.1 Å². The summed E-state index contributed by atoms with van der Waals surface area (Å²) in [5.74, 6) is 0.754. The Bertz CT molecular complexity index is 6220. The van der Waals surface area contributed by atoms with Crippen LogP contribution in [0.3, 0.4) is 0 Å². The lowest BCUT2D eigenvalue weighted by Crippen LogP contribution is -2.26. The molecule has 0 aliphatic carbocycles. The normalized spacial score (nSPS) is 11.5. The molecule has 0 unspecified atom stereocenters. The molecular formula is C95H65N6OP. The Morgan fingerprint density at radius 1 is 0.243 bits per heavy atom. The second-order valence-electron chi connectivity index (χ2n) is 26.1. The van der Waals surface area contributed by atoms with Crippen molar-refractivity contribution in [3.05, 3.63) is 351 Å². The first-order valence-electron chi connectivity index (χ1n) is 34.8. The van der Waals surface area contributed by atoms with Gasteiger partial charge in [0, 0.05) is 46.9 Å². The van der Waals surface area contributed by atoms with Gasteiger partial charge in [-0.25, -0.2) is 29.9 Å². The summed E-state index contributed by atoms with van der Waals surface area (Å²) < 4.78 is 6.05. The predicted octanol–water partition coefficient (Wildman–Crippen LogP) is 22.9. The highest BCUT2D eigenvalue weighted by atomic mass is 31.1. The Labute approximate surface area is 599 Å². The quantitative estimate of drug-likeness (QED) is 0.100. The second-order valence-corrected chi connectivity index (χ2v) is 28.2. The first kappa shape index (κ1) is 62.3. The van der Waals surface area contributed by atoms with E-state index in [9.17, 15) is 0 Å². The molecule has 0 saturated heterocycles. The van der Waals surface area contributed by atoms with Gasteiger partial charge in [-0.15, -0.1) is 0 Å². The summed E-state index contributed by atoms with van der Waals surface area (Å²) in [4.78, 5) is 37.9. The van der Waals surface area contributed by atoms with E-state index in [-0.39, 0.29) is 0 Å². The van der Waals surface area contributed by atoms with E-state index < -0.39 is 7.92 Å². The Hall–Kier alpha value is -12.9. The molecule has 7 nitrogen and oxygen atoms in total. The first-order valence-corrected chi connectivity index (χ1v) is 36.1. The topological polar surface area (TPSA) is 86.6 Å². The van der Waals surface area contributed by atoms with Crippen molar-refractivity contribution in [1.29, 1.82) is 0 Å². The van der Waals surface area contributed by atoms with Crippen molar-refractivity contribution in [2.45, 2.75) is 13.8 Å². The highest BCUT2D eigenvalue weighted by Crippen LogP contribution is 2.50. The Morgan fingerprint density at radius 2 is 0.573 bits per heavy atom. The molecule has 0 radical (unpaired) electrons. The van der Waals surface area contributed by atoms with Crippen molar-refractivity contribution in [1.82, 2.24) is 29.9 Å². The lowest BCUT2D eigenvalue weighted by atomic mass is 9.87. The molecule has 18 rings (SSSR count). The summed E-state index contributed by atoms with van der Waals surface area (Å²) in [5, 5.41) is 6.39. The summed E-state index contributed by atoms with van der Waals surface area (Å²) in [7, 11) is 0.188. The summed E-state index contributed by atoms with van der Waals surface area (Å²) >= 11 is 0. The predicted molar refractivity (Wildman–Crippen MR) is 430 cm³/mol. The van der Waals surface area contributed by atoms with Gasteiger partial charge < -0.3 is 4.74 Å². The molecule has 0 aliphatic heterocycles. The van der Waals surface area contributed by atoms with Crippen LogP contribution in [0, 0.1) is 13.8 Å². The van der Waals surface area contributed by atoms with Crippen LogP contribution in [-0.2, 0) is 0 Å². The fraction of sp³-hybridized carbons (Fsp3) is 0.0316. The molecule has 0 fully saturated rings. The van der Waals surface area contributed by atoms with Crippen molar-refractivity contribution in [3.63, 3.8) is 0 Å². The number of aryl methyl sites for hydroxylation is 2. The molecule has 18 aromatic rings. The number of rotatable bonds is 14. The fourth-order valence-corrected chi connectivity index (χ4v) is 16.9. The second kappa shape index (κ2) is 26.6. The third kappa shape index (κ3) is 11.4. The van der Waals surface area contributed by atoms with Gasteiger partial charge in [-0.1, -0.05) is 339 Å². The molecule has 486 valence electrons. The largest absolute Gasteiger partial charge is 0.497 e. The average Bonchev–Trinajstić information content (AvgIpc) is 0.727. The van der Waals surface area contributed by atoms with Crippen LogP contribution in [0.25, 0.3) is 167 Å². The number of nitrogens with zero attached hydrogens (tertiary/aromatic N) is 6. The molecule has 0 spiro atoms. The minimum Gasteiger partial charge on any atom is -0.497 e. The smallest absolute Gasteiger partial charge is 0.120 e. The Balaban J connectivity index is 1.09. The molecule has 8 heteroatoms. The summed E-state index contributed by atoms with van der Waals surface area (Å²) in [5.41, 5.74) is 24.5. The number of benzene rings is 15. The number of aromatic nitrogens is 6. The van der Waals surface area contributed by atoms with E-state index >= 15 is 0 Å². The van der Waals surface area contributed by atoms with Crippen LogP contribution < -0.4 is 20.8 Å². The minimum atomic E-state index is -1.54. The van der Waals surface area contributed by atoms with E-state index in [4.69, 9.17) is 34.6 Å². The van der Waals surface area contributed by atoms with Gasteiger partial charge in [0.2, 0.25) is 0 Å². The molecule has 0 aliphatic rings. The van der Waals surface area contributed by atoms with Crippen LogP contribution >= 0.6 is 7.92 Å². The van der Waals surface area contributed by atoms with Gasteiger partial charge in [0.25, 0.3) is 0 Å². The molecule has 0 saturated carbocycles. The van der Waals surface area contributed by atoms with E-state index in [1.54, 1.807) is 7.11 Å². The molecule has 3 heterocycles. The van der Waals surface area contributed by atoms with Crippen LogP contribution in [0.2, 0.25) is 0 Å². The fourth-order valence-electron chi connectivity index (χ4n) is 14.6. The summed E-state index contributed by atoms with van der Waals surface area (Å²) in [6.07, 6.45) is 0. The molecular weight excluding hydrogens is 1270 g/mol. The average molecular weight is 1340 g/mol. The van der Waals surface area contributed by atoms with E-state index in [0.29, 0.717) is 50.5 Å². The van der Waals surface area contributed by atoms with Crippen molar-refractivity contribution in [3.8, 4) is 118 Å². The standard InChI is InChI=1S/C95H65N6OP/c1-60-41-45-68(46-42-60)78-57-58-79(69-47-43-61(2)44-48-69)87-84(78)96-90(81-52-50-66-33-22-23-39-73(66)83(81)80-40-24-34-67-49-51-70(102-3)59-82(67)80)91(97-87)92-93(99-86-75(63-27-12-5-13-28-63)54-53-74(85(86)98-92)62-25-10-4-11-26-62)94-95(103(71-35-18-8-19-36-71)72-37-20-9-21-38-72)101-89-77(65-31-16-7-17-32-65)56-55-76(88(89)100-94)64-29-14-6-15-30-64/h4-59H,1-3H3. The van der Waals surface area contributed by atoms with Gasteiger partial charge in [-0.3, -0.25) is 0 Å². The summed E-state index contributed by atoms with van der Waals surface area (Å²) in [6.45, 7) is 4.26. The van der Waals surface area contributed by atoms with Gasteiger partial charge >= 0.3 is 0 Å². The maximum atomic E-state index is 6.35. The highest BCUT2D eigenvalue weighted by Gasteiger charge is 2.33. The van der Waals surface area contributed by atoms with Crippen molar-refractivity contribution in [2.75, 3.05) is 7.11 Å². The SMILES string of the molecule is COc1ccc2cccc(-c3c(-c4nc5c(-c6ccc(C)cc6)ccc(-c6ccc(C)cc6)c5nc4-c4nc5c(-c6ccccc6)ccc(-c6ccccc6)c5nc4-c4nc5c(-c6ccccc6)ccc(-c6ccccc6)c5nc4P(c4ccccc4)c4ccccc4)ccc4ccccc34)c2c1. The van der Waals surface area contributed by atoms with Crippen LogP contribution in [-0.4, -0.2) is 37.0 Å². The monoisotopic (exact) mass is 1340 g/mol. The number of hydrogen-bond acceptors (Lipinski definition) is 7. The van der Waals surface area contributed by atoms with Gasteiger partial charge in [0.15, 0.2) is 0 Å². The van der Waals surface area contributed by atoms with Crippen LogP contribution in [0.5, 0.6) is 5.75 Å². The number of ether oxygens (including phenoxy) is 1. The molecule has 0 bridgehead atoms. The number of fused-ring (bicyclic) bond motifs is 5. The Morgan fingerprint density at radius 3 is 1.02 bits per heavy atom. The minimum absolute atomic E-state index is 0.486. The zero-order valence-electron chi connectivity index (χ0n) is 56.9. The lowest BCUT2D eigenvalue weighted by Gasteiger charge is -2.24. The Kier molecular flexibility index (Phi) is 16.1. The van der Waals surface area contributed by atoms with Gasteiger partial charge in [-0.2, -0.15) is 0 Å². The third-order valence-electron chi connectivity index (χ3n) is 19.7. The maximum absolute atomic E-state index is 6.35. The van der Waals surface area contributed by atoms with E-state index in [1.165, 1.54) is 0 Å². The van der Waals surface area contributed by atoms with Gasteiger partial charge in [0.1, 0.15) is 34.0 Å². The molecule has 3 aromatic heterocycles. The molecule has 103 heavy (non-hydrogen) atoms. The lowest BCUT2D eigenvalue weighted by molar-refractivity contribution is 0.415. The van der Waals surface area contributed by atoms with Crippen LogP contribution in [0.15, 0.2) is 340 Å². The van der Waals surface area contributed by atoms with Crippen molar-refractivity contribution < 1.29 is 4.74 Å². The number of methoxy groups -OCH3 is 1. The van der Waals surface area contributed by atoms with Gasteiger partial charge in [0.05, 0.1) is 45.9 Å². The summed E-state index contributed by atoms with van der Waals surface area (Å²) in [6, 6.07) is 121. The first-order chi connectivity index (χ1) is 50.9. The molecule has 0 amide bonds. The molecule has 0 atom stereocenters. The van der Waals surface area contributed by atoms with Crippen LogP contribution in [0.4, 0.5) is 0 Å². The van der Waals surface area contributed by atoms with Crippen molar-refractivity contribution in [2.24, 2.45) is 0 Å². The van der Waals surface area contributed by atoms with Crippen molar-refractivity contribution >= 4 is 78.6 Å². The maximum Gasteiger partial charge on any atom is 0.120 e. The van der Waals surface area contributed by atoms with E-state index in [2.05, 4.69) is 347 Å². The van der Waals surface area contributed by atoms with Gasteiger partial charge in [-0.05, 0) is 103 Å². The van der Waals surface area contributed by atoms with E-state index in [1.807, 2.05) is 6.07 Å². The molecule has 15 aromatic carbocycles. The molecule has 0 N–H and O–H groups in total. The van der Waals surface area contributed by atoms with E-state index in [0.717, 1.165) is 149 Å². The zero-order valence-corrected chi connectivity index (χ0v) is 57.8. The highest BCUT2D eigenvalue weighted by molar-refractivity contribution is 7.79. The zero-order chi connectivity index (χ0) is 68.9. The number of hydrogen-bond donors (Lipinski definition) is 0. The third-order valence-corrected chi connectivity index (χ3v) is 22.1.